The van der Waals surface area contributed by atoms with Crippen LogP contribution in [0.5, 0.6) is 0 Å². The van der Waals surface area contributed by atoms with Crippen molar-refractivity contribution in [1.29, 1.82) is 0 Å². The average molecular weight is 705 g/mol. The summed E-state index contributed by atoms with van der Waals surface area (Å²) in [5, 5.41) is 4.50. The van der Waals surface area contributed by atoms with E-state index in [2.05, 4.69) is 228 Å². The van der Waals surface area contributed by atoms with E-state index in [0.717, 1.165) is 78.1 Å². The van der Waals surface area contributed by atoms with Crippen LogP contribution in [0.4, 0.5) is 34.1 Å². The highest BCUT2D eigenvalue weighted by Gasteiger charge is 2.25. The number of nitrogens with zero attached hydrogens (tertiary/aromatic N) is 2. The van der Waals surface area contributed by atoms with Gasteiger partial charge in [-0.05, 0) is 82.1 Å². The predicted molar refractivity (Wildman–Crippen MR) is 231 cm³/mol. The number of rotatable bonds is 8. The third-order valence-corrected chi connectivity index (χ3v) is 10.4. The van der Waals surface area contributed by atoms with Crippen molar-refractivity contribution in [3.05, 3.63) is 218 Å². The Bertz CT molecular complexity index is 2920. The monoisotopic (exact) mass is 704 g/mol. The van der Waals surface area contributed by atoms with Gasteiger partial charge in [0.25, 0.3) is 0 Å². The van der Waals surface area contributed by atoms with Gasteiger partial charge in [0.2, 0.25) is 0 Å². The molecule has 0 aliphatic rings. The van der Waals surface area contributed by atoms with Crippen molar-refractivity contribution in [3.8, 4) is 22.3 Å². The molecule has 0 N–H and O–H groups in total. The van der Waals surface area contributed by atoms with E-state index in [0.29, 0.717) is 0 Å². The molecule has 55 heavy (non-hydrogen) atoms. The maximum Gasteiger partial charge on any atom is 0.139 e. The van der Waals surface area contributed by atoms with Crippen molar-refractivity contribution in [3.63, 3.8) is 0 Å². The Labute approximate surface area is 320 Å². The van der Waals surface area contributed by atoms with Crippen molar-refractivity contribution >= 4 is 66.8 Å². The lowest BCUT2D eigenvalue weighted by Crippen LogP contribution is -2.14. The molecule has 0 atom stereocenters. The Morgan fingerprint density at radius 1 is 0.309 bits per heavy atom. The van der Waals surface area contributed by atoms with E-state index in [4.69, 9.17) is 4.42 Å². The second-order valence-corrected chi connectivity index (χ2v) is 13.7. The zero-order valence-corrected chi connectivity index (χ0v) is 30.1. The zero-order valence-electron chi connectivity index (χ0n) is 30.1. The lowest BCUT2D eigenvalue weighted by atomic mass is 9.99. The summed E-state index contributed by atoms with van der Waals surface area (Å²) in [6, 6.07) is 77.5. The van der Waals surface area contributed by atoms with Gasteiger partial charge in [-0.3, -0.25) is 0 Å². The first-order valence-corrected chi connectivity index (χ1v) is 18.7. The molecule has 1 heterocycles. The van der Waals surface area contributed by atoms with E-state index in [1.807, 2.05) is 0 Å². The average Bonchev–Trinajstić information content (AvgIpc) is 3.65. The Kier molecular flexibility index (Phi) is 8.16. The Morgan fingerprint density at radius 2 is 0.873 bits per heavy atom. The highest BCUT2D eigenvalue weighted by molar-refractivity contribution is 6.24. The Balaban J connectivity index is 1.31. The van der Waals surface area contributed by atoms with Crippen molar-refractivity contribution in [1.82, 2.24) is 0 Å². The minimum absolute atomic E-state index is 0.817. The lowest BCUT2D eigenvalue weighted by molar-refractivity contribution is 0.669. The van der Waals surface area contributed by atoms with E-state index in [-0.39, 0.29) is 0 Å². The van der Waals surface area contributed by atoms with E-state index < -0.39 is 0 Å². The lowest BCUT2D eigenvalue weighted by Gasteiger charge is -2.31. The molecule has 0 saturated heterocycles. The van der Waals surface area contributed by atoms with Crippen LogP contribution in [0.15, 0.2) is 223 Å². The van der Waals surface area contributed by atoms with Gasteiger partial charge in [0.05, 0.1) is 22.4 Å². The van der Waals surface area contributed by atoms with Gasteiger partial charge >= 0.3 is 0 Å². The van der Waals surface area contributed by atoms with Crippen LogP contribution in [0.2, 0.25) is 0 Å². The second kappa shape index (κ2) is 13.9. The van der Waals surface area contributed by atoms with Crippen molar-refractivity contribution < 1.29 is 4.42 Å². The number of fused-ring (bicyclic) bond motifs is 5. The molecular formula is C52H36N2O. The van der Waals surface area contributed by atoms with Crippen LogP contribution in [-0.4, -0.2) is 0 Å². The van der Waals surface area contributed by atoms with Crippen LogP contribution in [0.25, 0.3) is 55.0 Å². The molecule has 0 bridgehead atoms. The van der Waals surface area contributed by atoms with Gasteiger partial charge in [-0.25, -0.2) is 0 Å². The molecule has 3 nitrogen and oxygen atoms in total. The van der Waals surface area contributed by atoms with Crippen LogP contribution in [-0.2, 0) is 0 Å². The quantitative estimate of drug-likeness (QED) is 0.157. The first-order valence-electron chi connectivity index (χ1n) is 18.7. The Hall–Kier alpha value is -7.36. The summed E-state index contributed by atoms with van der Waals surface area (Å²) in [4.78, 5) is 4.75. The fourth-order valence-corrected chi connectivity index (χ4v) is 7.93. The molecule has 10 aromatic rings. The fourth-order valence-electron chi connectivity index (χ4n) is 7.93. The van der Waals surface area contributed by atoms with Crippen LogP contribution in [0.1, 0.15) is 0 Å². The Morgan fingerprint density at radius 3 is 1.60 bits per heavy atom. The molecule has 0 unspecified atom stereocenters. The molecule has 3 heteroatoms. The molecule has 0 spiro atoms. The van der Waals surface area contributed by atoms with Crippen LogP contribution >= 0.6 is 0 Å². The fraction of sp³-hybridized carbons (Fsp3) is 0. The summed E-state index contributed by atoms with van der Waals surface area (Å²) in [5.74, 6) is 0. The molecule has 1 aromatic heterocycles. The van der Waals surface area contributed by atoms with Gasteiger partial charge in [-0.1, -0.05) is 158 Å². The smallest absolute Gasteiger partial charge is 0.139 e. The van der Waals surface area contributed by atoms with Crippen LogP contribution < -0.4 is 9.80 Å². The molecular weight excluding hydrogens is 669 g/mol. The largest absolute Gasteiger partial charge is 0.456 e. The maximum absolute atomic E-state index is 6.94. The van der Waals surface area contributed by atoms with Crippen LogP contribution in [0, 0.1) is 0 Å². The maximum atomic E-state index is 6.94. The highest BCUT2D eigenvalue weighted by atomic mass is 16.3. The normalized spacial score (nSPS) is 11.3. The van der Waals surface area contributed by atoms with Crippen molar-refractivity contribution in [2.75, 3.05) is 9.80 Å². The van der Waals surface area contributed by atoms with Gasteiger partial charge in [-0.2, -0.15) is 0 Å². The molecule has 0 aliphatic carbocycles. The van der Waals surface area contributed by atoms with Crippen LogP contribution in [0.3, 0.4) is 0 Å². The van der Waals surface area contributed by atoms with Crippen molar-refractivity contribution in [2.45, 2.75) is 0 Å². The second-order valence-electron chi connectivity index (χ2n) is 13.7. The zero-order chi connectivity index (χ0) is 36.6. The summed E-state index contributed by atoms with van der Waals surface area (Å²) >= 11 is 0. The van der Waals surface area contributed by atoms with E-state index in [1.54, 1.807) is 0 Å². The number of hydrogen-bond acceptors (Lipinski definition) is 3. The minimum atomic E-state index is 0.817. The van der Waals surface area contributed by atoms with E-state index in [9.17, 15) is 0 Å². The molecule has 0 amide bonds. The summed E-state index contributed by atoms with van der Waals surface area (Å²) in [6.45, 7) is 0. The summed E-state index contributed by atoms with van der Waals surface area (Å²) < 4.78 is 6.94. The molecule has 0 fully saturated rings. The molecule has 9 aromatic carbocycles. The number of anilines is 6. The van der Waals surface area contributed by atoms with Gasteiger partial charge in [0, 0.05) is 34.1 Å². The minimum Gasteiger partial charge on any atom is -0.456 e. The van der Waals surface area contributed by atoms with Crippen molar-refractivity contribution in [2.24, 2.45) is 0 Å². The topological polar surface area (TPSA) is 19.6 Å². The third-order valence-electron chi connectivity index (χ3n) is 10.4. The first kappa shape index (κ1) is 32.3. The van der Waals surface area contributed by atoms with E-state index in [1.165, 1.54) is 10.9 Å². The molecule has 260 valence electrons. The van der Waals surface area contributed by atoms with Gasteiger partial charge in [-0.15, -0.1) is 0 Å². The first-order chi connectivity index (χ1) is 27.3. The van der Waals surface area contributed by atoms with Gasteiger partial charge < -0.3 is 14.2 Å². The summed E-state index contributed by atoms with van der Waals surface area (Å²) in [6.07, 6.45) is 0. The summed E-state index contributed by atoms with van der Waals surface area (Å²) in [5.41, 5.74) is 12.5. The standard InChI is InChI=1S/C52H36N2O/c1-5-18-37(19-6-1)40-23-17-28-43(34-40)53(41-24-9-3-10-25-41)48-35-44(36-50-52(48)51-46-30-14-13-22-39(46)32-33-49(51)55-50)54(42-26-11-4-12-27-42)47-31-16-15-29-45(47)38-20-7-2-8-21-38/h1-36H. The number of para-hydroxylation sites is 3. The van der Waals surface area contributed by atoms with Gasteiger partial charge in [0.1, 0.15) is 11.2 Å². The molecule has 10 rings (SSSR count). The highest BCUT2D eigenvalue weighted by Crippen LogP contribution is 2.50. The SMILES string of the molecule is c1ccc(-c2cccc(N(c3ccccc3)c3cc(N(c4ccccc4)c4ccccc4-c4ccccc4)cc4oc5ccc6ccccc6c5c34)c2)cc1. The predicted octanol–water partition coefficient (Wildman–Crippen LogP) is 15.0. The molecule has 0 radical (unpaired) electrons. The molecule has 0 aliphatic heterocycles. The number of furan rings is 1. The summed E-state index contributed by atoms with van der Waals surface area (Å²) in [7, 11) is 0. The number of benzene rings is 9. The molecule has 0 saturated carbocycles. The van der Waals surface area contributed by atoms with E-state index >= 15 is 0 Å². The third kappa shape index (κ3) is 5.89. The van der Waals surface area contributed by atoms with Gasteiger partial charge in [0.15, 0.2) is 0 Å². The number of hydrogen-bond donors (Lipinski definition) is 0.